The number of halogens is 1. The van der Waals surface area contributed by atoms with Crippen molar-refractivity contribution in [2.75, 3.05) is 32.7 Å². The largest absolute Gasteiger partial charge is 0.300 e. The molecule has 1 aliphatic carbocycles. The zero-order valence-corrected chi connectivity index (χ0v) is 14.3. The summed E-state index contributed by atoms with van der Waals surface area (Å²) in [5.41, 5.74) is 0. The van der Waals surface area contributed by atoms with E-state index in [1.54, 1.807) is 28.6 Å². The third kappa shape index (κ3) is 3.48. The maximum Gasteiger partial charge on any atom is 0.244 e. The van der Waals surface area contributed by atoms with Crippen LogP contribution >= 0.6 is 11.6 Å². The van der Waals surface area contributed by atoms with Crippen molar-refractivity contribution in [3.8, 4) is 0 Å². The van der Waals surface area contributed by atoms with Crippen molar-refractivity contribution in [3.05, 3.63) is 29.3 Å². The summed E-state index contributed by atoms with van der Waals surface area (Å²) < 4.78 is 26.9. The average molecular weight is 343 g/mol. The first-order valence-corrected chi connectivity index (χ1v) is 9.86. The second-order valence-electron chi connectivity index (χ2n) is 6.29. The Hall–Kier alpha value is -0.620. The van der Waals surface area contributed by atoms with Crippen molar-refractivity contribution >= 4 is 21.6 Å². The van der Waals surface area contributed by atoms with Crippen molar-refractivity contribution < 1.29 is 8.42 Å². The minimum atomic E-state index is -3.47. The Balaban J connectivity index is 1.62. The topological polar surface area (TPSA) is 40.6 Å². The molecule has 122 valence electrons. The van der Waals surface area contributed by atoms with Gasteiger partial charge in [-0.15, -0.1) is 0 Å². The summed E-state index contributed by atoms with van der Waals surface area (Å²) >= 11 is 6.05. The fourth-order valence-corrected chi connectivity index (χ4v) is 5.42. The van der Waals surface area contributed by atoms with Gasteiger partial charge in [0.2, 0.25) is 10.0 Å². The molecule has 2 fully saturated rings. The third-order valence-electron chi connectivity index (χ3n) is 4.78. The molecule has 22 heavy (non-hydrogen) atoms. The summed E-state index contributed by atoms with van der Waals surface area (Å²) in [4.78, 5) is 2.63. The highest BCUT2D eigenvalue weighted by molar-refractivity contribution is 7.89. The van der Waals surface area contributed by atoms with Crippen molar-refractivity contribution in [1.82, 2.24) is 9.21 Å². The van der Waals surface area contributed by atoms with Gasteiger partial charge >= 0.3 is 0 Å². The SMILES string of the molecule is O=S(=O)(c1ccccc1Cl)N1CCN(CC2CCCC2)CC1. The van der Waals surface area contributed by atoms with Crippen LogP contribution in [-0.4, -0.2) is 50.3 Å². The molecule has 0 amide bonds. The molecule has 1 aromatic rings. The van der Waals surface area contributed by atoms with E-state index >= 15 is 0 Å². The van der Waals surface area contributed by atoms with Crippen LogP contribution in [0.15, 0.2) is 29.2 Å². The molecular weight excluding hydrogens is 320 g/mol. The molecule has 0 spiro atoms. The molecule has 1 aliphatic heterocycles. The van der Waals surface area contributed by atoms with Crippen LogP contribution in [0, 0.1) is 5.92 Å². The van der Waals surface area contributed by atoms with Gasteiger partial charge in [-0.2, -0.15) is 4.31 Å². The summed E-state index contributed by atoms with van der Waals surface area (Å²) in [6, 6.07) is 6.68. The number of rotatable bonds is 4. The Morgan fingerprint density at radius 1 is 1.05 bits per heavy atom. The number of hydrogen-bond acceptors (Lipinski definition) is 3. The summed E-state index contributed by atoms with van der Waals surface area (Å²) in [5, 5.41) is 0.302. The van der Waals surface area contributed by atoms with Crippen LogP contribution in [-0.2, 0) is 10.0 Å². The van der Waals surface area contributed by atoms with Crippen LogP contribution in [0.25, 0.3) is 0 Å². The molecule has 1 heterocycles. The summed E-state index contributed by atoms with van der Waals surface area (Å²) in [6.45, 7) is 3.88. The van der Waals surface area contributed by atoms with Crippen LogP contribution in [0.3, 0.4) is 0 Å². The summed E-state index contributed by atoms with van der Waals surface area (Å²) in [6.07, 6.45) is 5.37. The number of benzene rings is 1. The first kappa shape index (κ1) is 16.2. The van der Waals surface area contributed by atoms with Gasteiger partial charge in [0.15, 0.2) is 0 Å². The number of sulfonamides is 1. The van der Waals surface area contributed by atoms with Gasteiger partial charge in [0.25, 0.3) is 0 Å². The van der Waals surface area contributed by atoms with Crippen LogP contribution < -0.4 is 0 Å². The Labute approximate surface area is 138 Å². The molecule has 1 saturated carbocycles. The average Bonchev–Trinajstić information content (AvgIpc) is 3.01. The third-order valence-corrected chi connectivity index (χ3v) is 7.18. The normalized spacial score (nSPS) is 22.2. The minimum absolute atomic E-state index is 0.223. The van der Waals surface area contributed by atoms with E-state index in [2.05, 4.69) is 4.90 Å². The molecular formula is C16H23ClN2O2S. The van der Waals surface area contributed by atoms with E-state index in [4.69, 9.17) is 11.6 Å². The van der Waals surface area contributed by atoms with Crippen LogP contribution in [0.2, 0.25) is 5.02 Å². The first-order chi connectivity index (χ1) is 10.6. The molecule has 0 N–H and O–H groups in total. The molecule has 0 radical (unpaired) electrons. The Kier molecular flexibility index (Phi) is 5.07. The van der Waals surface area contributed by atoms with Crippen molar-refractivity contribution in [2.45, 2.75) is 30.6 Å². The maximum absolute atomic E-state index is 12.7. The smallest absolute Gasteiger partial charge is 0.244 e. The van der Waals surface area contributed by atoms with Gasteiger partial charge in [-0.05, 0) is 30.9 Å². The molecule has 0 aromatic heterocycles. The van der Waals surface area contributed by atoms with Crippen molar-refractivity contribution in [1.29, 1.82) is 0 Å². The zero-order chi connectivity index (χ0) is 15.6. The van der Waals surface area contributed by atoms with Crippen LogP contribution in [0.4, 0.5) is 0 Å². The van der Waals surface area contributed by atoms with Gasteiger partial charge < -0.3 is 4.90 Å². The lowest BCUT2D eigenvalue weighted by molar-refractivity contribution is 0.165. The number of piperazine rings is 1. The second-order valence-corrected chi connectivity index (χ2v) is 8.60. The predicted octanol–water partition coefficient (Wildman–Crippen LogP) is 2.84. The monoisotopic (exact) mass is 342 g/mol. The molecule has 6 heteroatoms. The van der Waals surface area contributed by atoms with Crippen LogP contribution in [0.5, 0.6) is 0 Å². The lowest BCUT2D eigenvalue weighted by atomic mass is 10.1. The lowest BCUT2D eigenvalue weighted by Crippen LogP contribution is -2.49. The molecule has 1 saturated heterocycles. The minimum Gasteiger partial charge on any atom is -0.300 e. The van der Waals surface area contributed by atoms with E-state index in [-0.39, 0.29) is 4.90 Å². The molecule has 3 rings (SSSR count). The Bertz CT molecular complexity index is 606. The molecule has 0 unspecified atom stereocenters. The van der Waals surface area contributed by atoms with Gasteiger partial charge in [0.05, 0.1) is 5.02 Å². The van der Waals surface area contributed by atoms with Gasteiger partial charge in [0, 0.05) is 32.7 Å². The lowest BCUT2D eigenvalue weighted by Gasteiger charge is -2.35. The Morgan fingerprint density at radius 2 is 1.68 bits per heavy atom. The van der Waals surface area contributed by atoms with Crippen LogP contribution in [0.1, 0.15) is 25.7 Å². The standard InChI is InChI=1S/C16H23ClN2O2S/c17-15-7-3-4-8-16(15)22(20,21)19-11-9-18(10-12-19)13-14-5-1-2-6-14/h3-4,7-8,14H,1-2,5-6,9-13H2. The van der Waals surface area contributed by atoms with E-state index in [0.29, 0.717) is 18.1 Å². The van der Waals surface area contributed by atoms with E-state index < -0.39 is 10.0 Å². The second kappa shape index (κ2) is 6.87. The Morgan fingerprint density at radius 3 is 2.32 bits per heavy atom. The van der Waals surface area contributed by atoms with Crippen molar-refractivity contribution in [2.24, 2.45) is 5.92 Å². The fraction of sp³-hybridized carbons (Fsp3) is 0.625. The highest BCUT2D eigenvalue weighted by atomic mass is 35.5. The van der Waals surface area contributed by atoms with E-state index in [1.807, 2.05) is 0 Å². The molecule has 1 aromatic carbocycles. The highest BCUT2D eigenvalue weighted by Crippen LogP contribution is 2.27. The van der Waals surface area contributed by atoms with Gasteiger partial charge in [-0.3, -0.25) is 0 Å². The molecule has 0 bridgehead atoms. The van der Waals surface area contributed by atoms with Gasteiger partial charge in [-0.1, -0.05) is 36.6 Å². The van der Waals surface area contributed by atoms with E-state index in [0.717, 1.165) is 25.6 Å². The summed E-state index contributed by atoms with van der Waals surface area (Å²) in [5.74, 6) is 0.812. The zero-order valence-electron chi connectivity index (χ0n) is 12.7. The first-order valence-electron chi connectivity index (χ1n) is 8.04. The molecule has 0 atom stereocenters. The number of hydrogen-bond donors (Lipinski definition) is 0. The quantitative estimate of drug-likeness (QED) is 0.844. The van der Waals surface area contributed by atoms with Gasteiger partial charge in [0.1, 0.15) is 4.90 Å². The predicted molar refractivity (Wildman–Crippen MR) is 88.6 cm³/mol. The van der Waals surface area contributed by atoms with Crippen molar-refractivity contribution in [3.63, 3.8) is 0 Å². The molecule has 2 aliphatic rings. The van der Waals surface area contributed by atoms with Gasteiger partial charge in [-0.25, -0.2) is 8.42 Å². The van der Waals surface area contributed by atoms with E-state index in [9.17, 15) is 8.42 Å². The molecule has 4 nitrogen and oxygen atoms in total. The fourth-order valence-electron chi connectivity index (χ4n) is 3.50. The highest BCUT2D eigenvalue weighted by Gasteiger charge is 2.30. The van der Waals surface area contributed by atoms with E-state index in [1.165, 1.54) is 25.7 Å². The summed E-state index contributed by atoms with van der Waals surface area (Å²) in [7, 11) is -3.47. The maximum atomic E-state index is 12.7. The number of nitrogens with zero attached hydrogens (tertiary/aromatic N) is 2.